The van der Waals surface area contributed by atoms with Gasteiger partial charge in [0.05, 0.1) is 0 Å². The normalized spacial score (nSPS) is 10.4. The van der Waals surface area contributed by atoms with Crippen molar-refractivity contribution in [3.63, 3.8) is 0 Å². The zero-order valence-electron chi connectivity index (χ0n) is 9.20. The molecule has 0 atom stereocenters. The minimum atomic E-state index is 0.597. The highest BCUT2D eigenvalue weighted by atomic mass is 79.9. The summed E-state index contributed by atoms with van der Waals surface area (Å²) in [6.45, 7) is 2.72. The van der Waals surface area contributed by atoms with Crippen LogP contribution in [0.3, 0.4) is 0 Å². The Bertz CT molecular complexity index is 506. The van der Waals surface area contributed by atoms with E-state index in [-0.39, 0.29) is 0 Å². The zero-order chi connectivity index (χ0) is 11.5. The zero-order valence-corrected chi connectivity index (χ0v) is 10.8. The Morgan fingerprint density at radius 3 is 2.56 bits per heavy atom. The molecule has 2 aromatic rings. The molecule has 0 aromatic heterocycles. The third kappa shape index (κ3) is 2.34. The summed E-state index contributed by atoms with van der Waals surface area (Å²) in [6.07, 6.45) is 0. The van der Waals surface area contributed by atoms with Gasteiger partial charge in [-0.25, -0.2) is 0 Å². The molecule has 0 saturated heterocycles. The lowest BCUT2D eigenvalue weighted by Gasteiger charge is -2.08. The highest BCUT2D eigenvalue weighted by molar-refractivity contribution is 9.10. The predicted octanol–water partition coefficient (Wildman–Crippen LogP) is 3.88. The van der Waals surface area contributed by atoms with Gasteiger partial charge in [-0.2, -0.15) is 0 Å². The van der Waals surface area contributed by atoms with Crippen LogP contribution in [0.2, 0.25) is 0 Å². The molecule has 0 unspecified atom stereocenters. The SMILES string of the molecule is Cc1cc(CN)ccc1-c1cccc(Br)c1. The van der Waals surface area contributed by atoms with Gasteiger partial charge < -0.3 is 5.73 Å². The summed E-state index contributed by atoms with van der Waals surface area (Å²) in [5, 5.41) is 0. The lowest BCUT2D eigenvalue weighted by atomic mass is 9.98. The third-order valence-corrected chi connectivity index (χ3v) is 3.16. The van der Waals surface area contributed by atoms with Crippen molar-refractivity contribution in [2.45, 2.75) is 13.5 Å². The van der Waals surface area contributed by atoms with Crippen molar-refractivity contribution >= 4 is 15.9 Å². The van der Waals surface area contributed by atoms with Crippen LogP contribution in [0.25, 0.3) is 11.1 Å². The maximum Gasteiger partial charge on any atom is 0.0181 e. The Morgan fingerprint density at radius 2 is 1.94 bits per heavy atom. The van der Waals surface area contributed by atoms with Crippen LogP contribution in [0.5, 0.6) is 0 Å². The van der Waals surface area contributed by atoms with Crippen molar-refractivity contribution in [1.29, 1.82) is 0 Å². The molecule has 0 saturated carbocycles. The third-order valence-electron chi connectivity index (χ3n) is 2.66. The van der Waals surface area contributed by atoms with Crippen LogP contribution in [0.1, 0.15) is 11.1 Å². The molecule has 0 spiro atoms. The van der Waals surface area contributed by atoms with Crippen LogP contribution in [0.4, 0.5) is 0 Å². The van der Waals surface area contributed by atoms with Gasteiger partial charge in [-0.1, -0.05) is 46.3 Å². The van der Waals surface area contributed by atoms with E-state index in [1.165, 1.54) is 22.3 Å². The van der Waals surface area contributed by atoms with E-state index < -0.39 is 0 Å². The number of halogens is 1. The molecule has 82 valence electrons. The van der Waals surface area contributed by atoms with Crippen molar-refractivity contribution in [1.82, 2.24) is 0 Å². The fourth-order valence-electron chi connectivity index (χ4n) is 1.83. The Balaban J connectivity index is 2.48. The van der Waals surface area contributed by atoms with E-state index in [0.29, 0.717) is 6.54 Å². The van der Waals surface area contributed by atoms with E-state index in [1.807, 2.05) is 6.07 Å². The minimum Gasteiger partial charge on any atom is -0.326 e. The van der Waals surface area contributed by atoms with Crippen LogP contribution in [0, 0.1) is 6.92 Å². The molecule has 2 N–H and O–H groups in total. The van der Waals surface area contributed by atoms with Crippen molar-refractivity contribution in [2.75, 3.05) is 0 Å². The predicted molar refractivity (Wildman–Crippen MR) is 72.2 cm³/mol. The minimum absolute atomic E-state index is 0.597. The summed E-state index contributed by atoms with van der Waals surface area (Å²) >= 11 is 3.49. The summed E-state index contributed by atoms with van der Waals surface area (Å²) in [5.41, 5.74) is 10.6. The first-order valence-electron chi connectivity index (χ1n) is 5.26. The number of benzene rings is 2. The highest BCUT2D eigenvalue weighted by Gasteiger charge is 2.02. The number of nitrogens with two attached hydrogens (primary N) is 1. The quantitative estimate of drug-likeness (QED) is 0.885. The number of rotatable bonds is 2. The molecule has 0 aliphatic heterocycles. The largest absolute Gasteiger partial charge is 0.326 e. The highest BCUT2D eigenvalue weighted by Crippen LogP contribution is 2.26. The molecule has 0 bridgehead atoms. The van der Waals surface area contributed by atoms with Crippen molar-refractivity contribution < 1.29 is 0 Å². The topological polar surface area (TPSA) is 26.0 Å². The Kier molecular flexibility index (Phi) is 3.42. The van der Waals surface area contributed by atoms with E-state index in [4.69, 9.17) is 5.73 Å². The standard InChI is InChI=1S/C14H14BrN/c1-10-7-11(9-16)5-6-14(10)12-3-2-4-13(15)8-12/h2-8H,9,16H2,1H3. The molecule has 0 amide bonds. The van der Waals surface area contributed by atoms with Gasteiger partial charge >= 0.3 is 0 Å². The van der Waals surface area contributed by atoms with Crippen LogP contribution in [-0.2, 0) is 6.54 Å². The summed E-state index contributed by atoms with van der Waals surface area (Å²) in [5.74, 6) is 0. The van der Waals surface area contributed by atoms with Crippen LogP contribution in [-0.4, -0.2) is 0 Å². The Hall–Kier alpha value is -1.12. The summed E-state index contributed by atoms with van der Waals surface area (Å²) < 4.78 is 1.10. The van der Waals surface area contributed by atoms with Gasteiger partial charge in [-0.05, 0) is 41.3 Å². The first-order valence-corrected chi connectivity index (χ1v) is 6.05. The van der Waals surface area contributed by atoms with Crippen molar-refractivity contribution in [3.05, 3.63) is 58.1 Å². The van der Waals surface area contributed by atoms with Crippen LogP contribution >= 0.6 is 15.9 Å². The molecule has 1 nitrogen and oxygen atoms in total. The first kappa shape index (κ1) is 11.4. The second kappa shape index (κ2) is 4.81. The van der Waals surface area contributed by atoms with E-state index in [9.17, 15) is 0 Å². The van der Waals surface area contributed by atoms with Crippen LogP contribution in [0.15, 0.2) is 46.9 Å². The summed E-state index contributed by atoms with van der Waals surface area (Å²) in [7, 11) is 0. The number of hydrogen-bond acceptors (Lipinski definition) is 1. The molecule has 0 aliphatic rings. The molecule has 2 rings (SSSR count). The monoisotopic (exact) mass is 275 g/mol. The van der Waals surface area contributed by atoms with Gasteiger partial charge in [0.2, 0.25) is 0 Å². The maximum atomic E-state index is 5.62. The second-order valence-electron chi connectivity index (χ2n) is 3.86. The van der Waals surface area contributed by atoms with Crippen molar-refractivity contribution in [2.24, 2.45) is 5.73 Å². The number of aryl methyl sites for hydroxylation is 1. The second-order valence-corrected chi connectivity index (χ2v) is 4.78. The molecule has 2 aromatic carbocycles. The summed E-state index contributed by atoms with van der Waals surface area (Å²) in [6, 6.07) is 14.7. The first-order chi connectivity index (χ1) is 7.70. The van der Waals surface area contributed by atoms with E-state index in [0.717, 1.165) is 4.47 Å². The van der Waals surface area contributed by atoms with Gasteiger partial charge in [-0.15, -0.1) is 0 Å². The lowest BCUT2D eigenvalue weighted by Crippen LogP contribution is -1.96. The molecule has 0 heterocycles. The van der Waals surface area contributed by atoms with Gasteiger partial charge in [0.15, 0.2) is 0 Å². The van der Waals surface area contributed by atoms with Gasteiger partial charge in [-0.3, -0.25) is 0 Å². The van der Waals surface area contributed by atoms with Crippen molar-refractivity contribution in [3.8, 4) is 11.1 Å². The number of hydrogen-bond donors (Lipinski definition) is 1. The molecule has 0 aliphatic carbocycles. The lowest BCUT2D eigenvalue weighted by molar-refractivity contribution is 1.07. The smallest absolute Gasteiger partial charge is 0.0181 e. The fraction of sp³-hybridized carbons (Fsp3) is 0.143. The molecule has 0 fully saturated rings. The van der Waals surface area contributed by atoms with Crippen LogP contribution < -0.4 is 5.73 Å². The molecule has 2 heteroatoms. The Labute approximate surface area is 104 Å². The Morgan fingerprint density at radius 1 is 1.12 bits per heavy atom. The fourth-order valence-corrected chi connectivity index (χ4v) is 2.23. The van der Waals surface area contributed by atoms with Gasteiger partial charge in [0.25, 0.3) is 0 Å². The van der Waals surface area contributed by atoms with E-state index >= 15 is 0 Å². The van der Waals surface area contributed by atoms with E-state index in [2.05, 4.69) is 59.3 Å². The molecular weight excluding hydrogens is 262 g/mol. The average Bonchev–Trinajstić information content (AvgIpc) is 2.28. The molecule has 16 heavy (non-hydrogen) atoms. The molecule has 0 radical (unpaired) electrons. The summed E-state index contributed by atoms with van der Waals surface area (Å²) in [4.78, 5) is 0. The molecular formula is C14H14BrN. The maximum absolute atomic E-state index is 5.62. The average molecular weight is 276 g/mol. The van der Waals surface area contributed by atoms with Gasteiger partial charge in [0, 0.05) is 11.0 Å². The van der Waals surface area contributed by atoms with E-state index in [1.54, 1.807) is 0 Å². The van der Waals surface area contributed by atoms with Gasteiger partial charge in [0.1, 0.15) is 0 Å².